The SMILES string of the molecule is C#Cc1ccc(C(=C)C/C=C\C(=C/C)CCN)c(C/C(=C/CC=C=C)C(C)=N)c1. The Morgan fingerprint density at radius 3 is 2.69 bits per heavy atom. The second kappa shape index (κ2) is 13.1. The van der Waals surface area contributed by atoms with Crippen molar-refractivity contribution in [2.24, 2.45) is 5.73 Å². The molecule has 0 aliphatic rings. The van der Waals surface area contributed by atoms with Crippen molar-refractivity contribution in [2.75, 3.05) is 6.54 Å². The molecule has 3 N–H and O–H groups in total. The molecule has 1 rings (SSSR count). The van der Waals surface area contributed by atoms with Gasteiger partial charge in [0.05, 0.1) is 0 Å². The topological polar surface area (TPSA) is 49.9 Å². The molecule has 0 amide bonds. The molecular weight excluding hydrogens is 352 g/mol. The van der Waals surface area contributed by atoms with Crippen molar-refractivity contribution in [3.05, 3.63) is 95.3 Å². The van der Waals surface area contributed by atoms with Gasteiger partial charge < -0.3 is 11.1 Å². The first-order chi connectivity index (χ1) is 14.0. The Bertz CT molecular complexity index is 910. The van der Waals surface area contributed by atoms with Crippen molar-refractivity contribution in [3.63, 3.8) is 0 Å². The minimum atomic E-state index is 0.546. The Labute approximate surface area is 176 Å². The molecule has 0 atom stereocenters. The van der Waals surface area contributed by atoms with Crippen LogP contribution < -0.4 is 5.73 Å². The largest absolute Gasteiger partial charge is 0.330 e. The summed E-state index contributed by atoms with van der Waals surface area (Å²) in [6.45, 7) is 12.4. The molecule has 2 nitrogen and oxygen atoms in total. The van der Waals surface area contributed by atoms with Gasteiger partial charge in [-0.1, -0.05) is 55.0 Å². The van der Waals surface area contributed by atoms with Crippen molar-refractivity contribution in [1.82, 2.24) is 0 Å². The van der Waals surface area contributed by atoms with Crippen molar-refractivity contribution < 1.29 is 0 Å². The summed E-state index contributed by atoms with van der Waals surface area (Å²) in [6.07, 6.45) is 18.8. The van der Waals surface area contributed by atoms with Gasteiger partial charge in [-0.05, 0) is 86.6 Å². The van der Waals surface area contributed by atoms with E-state index in [-0.39, 0.29) is 0 Å². The molecule has 0 saturated carbocycles. The van der Waals surface area contributed by atoms with E-state index in [1.165, 1.54) is 5.57 Å². The summed E-state index contributed by atoms with van der Waals surface area (Å²) in [5, 5.41) is 8.12. The number of nitrogens with two attached hydrogens (primary N) is 1. The van der Waals surface area contributed by atoms with E-state index in [1.807, 2.05) is 44.2 Å². The fourth-order valence-corrected chi connectivity index (χ4v) is 2.98. The zero-order valence-corrected chi connectivity index (χ0v) is 17.7. The summed E-state index contributed by atoms with van der Waals surface area (Å²) in [5.41, 5.74) is 15.2. The first-order valence-electron chi connectivity index (χ1n) is 9.85. The first-order valence-corrected chi connectivity index (χ1v) is 9.85. The molecule has 0 aliphatic carbocycles. The Balaban J connectivity index is 3.15. The quantitative estimate of drug-likeness (QED) is 0.204. The lowest BCUT2D eigenvalue weighted by Gasteiger charge is -2.14. The third kappa shape index (κ3) is 8.20. The first kappa shape index (κ1) is 23.9. The predicted molar refractivity (Wildman–Crippen MR) is 128 cm³/mol. The molecule has 1 aromatic rings. The normalized spacial score (nSPS) is 11.8. The standard InChI is InChI=1S/C27H32N2/c1-6-9-10-14-25(22(5)29)20-26-19-24(8-3)15-16-27(26)21(4)12-11-13-23(7-2)17-18-28/h3,7,9,11,13-16,19,29H,1,4,10,12,17-18,20,28H2,2,5H3/b13-11-,23-7+,25-14-,29-22?. The zero-order chi connectivity index (χ0) is 21.6. The molecule has 0 radical (unpaired) electrons. The Morgan fingerprint density at radius 2 is 2.10 bits per heavy atom. The molecule has 0 saturated heterocycles. The molecule has 0 aliphatic heterocycles. The van der Waals surface area contributed by atoms with Gasteiger partial charge in [-0.3, -0.25) is 0 Å². The van der Waals surface area contributed by atoms with E-state index in [2.05, 4.69) is 43.0 Å². The van der Waals surface area contributed by atoms with Gasteiger partial charge in [0.15, 0.2) is 0 Å². The Morgan fingerprint density at radius 1 is 1.34 bits per heavy atom. The number of hydrogen-bond donors (Lipinski definition) is 2. The molecule has 0 fully saturated rings. The van der Waals surface area contributed by atoms with Gasteiger partial charge in [-0.2, -0.15) is 0 Å². The van der Waals surface area contributed by atoms with Gasteiger partial charge in [0.1, 0.15) is 0 Å². The summed E-state index contributed by atoms with van der Waals surface area (Å²) < 4.78 is 0. The smallest absolute Gasteiger partial charge is 0.0315 e. The lowest BCUT2D eigenvalue weighted by atomic mass is 9.91. The molecule has 0 bridgehead atoms. The van der Waals surface area contributed by atoms with Crippen LogP contribution in [0.2, 0.25) is 0 Å². The number of allylic oxidation sites excluding steroid dienone is 7. The third-order valence-electron chi connectivity index (χ3n) is 4.64. The highest BCUT2D eigenvalue weighted by atomic mass is 14.5. The molecule has 0 aromatic heterocycles. The van der Waals surface area contributed by atoms with E-state index >= 15 is 0 Å². The summed E-state index contributed by atoms with van der Waals surface area (Å²) >= 11 is 0. The van der Waals surface area contributed by atoms with Crippen molar-refractivity contribution >= 4 is 11.3 Å². The van der Waals surface area contributed by atoms with Gasteiger partial charge in [0.25, 0.3) is 0 Å². The molecule has 2 heteroatoms. The van der Waals surface area contributed by atoms with Crippen molar-refractivity contribution in [2.45, 2.75) is 39.5 Å². The fraction of sp³-hybridized carbons (Fsp3) is 0.259. The molecule has 150 valence electrons. The van der Waals surface area contributed by atoms with Crippen LogP contribution in [0, 0.1) is 17.8 Å². The maximum absolute atomic E-state index is 8.12. The van der Waals surface area contributed by atoms with Gasteiger partial charge >= 0.3 is 0 Å². The Hall–Kier alpha value is -3.11. The molecular formula is C27H32N2. The van der Waals surface area contributed by atoms with Crippen LogP contribution in [0.15, 0.2) is 78.6 Å². The van der Waals surface area contributed by atoms with Crippen LogP contribution in [-0.2, 0) is 6.42 Å². The second-order valence-electron chi connectivity index (χ2n) is 6.80. The fourth-order valence-electron chi connectivity index (χ4n) is 2.98. The van der Waals surface area contributed by atoms with Crippen molar-refractivity contribution in [3.8, 4) is 12.3 Å². The highest BCUT2D eigenvalue weighted by Crippen LogP contribution is 2.25. The zero-order valence-electron chi connectivity index (χ0n) is 17.7. The van der Waals surface area contributed by atoms with Gasteiger partial charge in [-0.25, -0.2) is 0 Å². The summed E-state index contributed by atoms with van der Waals surface area (Å²) in [4.78, 5) is 0. The summed E-state index contributed by atoms with van der Waals surface area (Å²) in [7, 11) is 0. The molecule has 0 unspecified atom stereocenters. The van der Waals surface area contributed by atoms with E-state index in [4.69, 9.17) is 17.6 Å². The van der Waals surface area contributed by atoms with Crippen LogP contribution in [0.3, 0.4) is 0 Å². The minimum absolute atomic E-state index is 0.546. The minimum Gasteiger partial charge on any atom is -0.330 e. The van der Waals surface area contributed by atoms with Crippen LogP contribution in [0.1, 0.15) is 49.8 Å². The van der Waals surface area contributed by atoms with Crippen LogP contribution in [0.25, 0.3) is 5.57 Å². The summed E-state index contributed by atoms with van der Waals surface area (Å²) in [6, 6.07) is 6.01. The molecule has 29 heavy (non-hydrogen) atoms. The monoisotopic (exact) mass is 384 g/mol. The molecule has 0 spiro atoms. The van der Waals surface area contributed by atoms with Crippen LogP contribution in [0.4, 0.5) is 0 Å². The average molecular weight is 385 g/mol. The Kier molecular flexibility index (Phi) is 10.8. The maximum atomic E-state index is 8.12. The van der Waals surface area contributed by atoms with E-state index in [1.54, 1.807) is 0 Å². The van der Waals surface area contributed by atoms with Gasteiger partial charge in [0.2, 0.25) is 0 Å². The number of nitrogens with one attached hydrogen (secondary N) is 1. The van der Waals surface area contributed by atoms with E-state index in [0.717, 1.165) is 40.7 Å². The van der Waals surface area contributed by atoms with Crippen LogP contribution in [-0.4, -0.2) is 12.3 Å². The highest BCUT2D eigenvalue weighted by Gasteiger charge is 2.10. The van der Waals surface area contributed by atoms with Crippen molar-refractivity contribution in [1.29, 1.82) is 5.41 Å². The number of hydrogen-bond acceptors (Lipinski definition) is 2. The van der Waals surface area contributed by atoms with Crippen LogP contribution in [0.5, 0.6) is 0 Å². The predicted octanol–water partition coefficient (Wildman–Crippen LogP) is 6.16. The average Bonchev–Trinajstić information content (AvgIpc) is 2.72. The van der Waals surface area contributed by atoms with E-state index in [9.17, 15) is 0 Å². The lowest BCUT2D eigenvalue weighted by Crippen LogP contribution is -2.03. The third-order valence-corrected chi connectivity index (χ3v) is 4.64. The van der Waals surface area contributed by atoms with E-state index in [0.29, 0.717) is 25.1 Å². The number of rotatable bonds is 11. The highest BCUT2D eigenvalue weighted by molar-refractivity contribution is 5.96. The molecule has 0 heterocycles. The summed E-state index contributed by atoms with van der Waals surface area (Å²) in [5.74, 6) is 2.71. The number of benzene rings is 1. The lowest BCUT2D eigenvalue weighted by molar-refractivity contribution is 0.970. The molecule has 1 aromatic carbocycles. The maximum Gasteiger partial charge on any atom is 0.0315 e. The van der Waals surface area contributed by atoms with Gasteiger partial charge in [-0.15, -0.1) is 12.2 Å². The second-order valence-corrected chi connectivity index (χ2v) is 6.80. The van der Waals surface area contributed by atoms with E-state index < -0.39 is 0 Å². The number of terminal acetylenes is 1. The van der Waals surface area contributed by atoms with Crippen LogP contribution >= 0.6 is 0 Å². The van der Waals surface area contributed by atoms with Gasteiger partial charge in [0, 0.05) is 11.3 Å².